The van der Waals surface area contributed by atoms with E-state index in [0.717, 1.165) is 0 Å². The molecule has 0 saturated carbocycles. The Morgan fingerprint density at radius 1 is 1.00 bits per heavy atom. The Labute approximate surface area is 170 Å². The lowest BCUT2D eigenvalue weighted by atomic mass is 9.97. The predicted molar refractivity (Wildman–Crippen MR) is 107 cm³/mol. The quantitative estimate of drug-likeness (QED) is 0.806. The van der Waals surface area contributed by atoms with E-state index in [2.05, 4.69) is 5.32 Å². The first kappa shape index (κ1) is 19.7. The highest BCUT2D eigenvalue weighted by Crippen LogP contribution is 2.30. The van der Waals surface area contributed by atoms with E-state index < -0.39 is 10.0 Å². The Balaban J connectivity index is 1.27. The molecule has 2 aromatic carbocycles. The van der Waals surface area contributed by atoms with Crippen molar-refractivity contribution in [3.8, 4) is 11.5 Å². The van der Waals surface area contributed by atoms with E-state index in [1.54, 1.807) is 30.3 Å². The third-order valence-electron chi connectivity index (χ3n) is 5.28. The number of carbonyl (C=O) groups excluding carboxylic acids is 1. The predicted octanol–water partition coefficient (Wildman–Crippen LogP) is 2.04. The van der Waals surface area contributed by atoms with Crippen molar-refractivity contribution in [2.24, 2.45) is 5.92 Å². The first-order valence-electron chi connectivity index (χ1n) is 9.75. The van der Waals surface area contributed by atoms with Crippen molar-refractivity contribution >= 4 is 15.9 Å². The van der Waals surface area contributed by atoms with Crippen molar-refractivity contribution < 1.29 is 22.7 Å². The van der Waals surface area contributed by atoms with Gasteiger partial charge in [0.2, 0.25) is 15.9 Å². The van der Waals surface area contributed by atoms with Gasteiger partial charge in [0.15, 0.2) is 11.5 Å². The van der Waals surface area contributed by atoms with Crippen molar-refractivity contribution in [1.29, 1.82) is 0 Å². The molecule has 7 nitrogen and oxygen atoms in total. The molecule has 1 fully saturated rings. The van der Waals surface area contributed by atoms with Gasteiger partial charge < -0.3 is 14.8 Å². The number of rotatable bonds is 5. The number of piperidine rings is 1. The molecule has 1 atom stereocenters. The van der Waals surface area contributed by atoms with Gasteiger partial charge in [-0.05, 0) is 37.1 Å². The Morgan fingerprint density at radius 3 is 2.38 bits per heavy atom. The summed E-state index contributed by atoms with van der Waals surface area (Å²) in [5, 5.41) is 2.93. The first-order chi connectivity index (χ1) is 14.0. The molecular weight excluding hydrogens is 392 g/mol. The maximum atomic E-state index is 12.7. The zero-order valence-electron chi connectivity index (χ0n) is 16.0. The number of carbonyl (C=O) groups is 1. The van der Waals surface area contributed by atoms with Crippen LogP contribution in [0.4, 0.5) is 0 Å². The third kappa shape index (κ3) is 4.38. The molecule has 0 unspecified atom stereocenters. The summed E-state index contributed by atoms with van der Waals surface area (Å²) < 4.78 is 38.4. The van der Waals surface area contributed by atoms with Crippen LogP contribution in [-0.4, -0.2) is 51.0 Å². The van der Waals surface area contributed by atoms with Crippen molar-refractivity contribution in [2.45, 2.75) is 23.8 Å². The highest BCUT2D eigenvalue weighted by atomic mass is 32.2. The van der Waals surface area contributed by atoms with Crippen molar-refractivity contribution in [1.82, 2.24) is 9.62 Å². The van der Waals surface area contributed by atoms with Gasteiger partial charge in [-0.3, -0.25) is 4.79 Å². The molecule has 0 spiro atoms. The highest BCUT2D eigenvalue weighted by molar-refractivity contribution is 7.89. The molecule has 0 aromatic heterocycles. The number of nitrogens with one attached hydrogen (secondary N) is 1. The summed E-state index contributed by atoms with van der Waals surface area (Å²) in [6, 6.07) is 15.8. The van der Waals surface area contributed by atoms with Gasteiger partial charge in [0.25, 0.3) is 0 Å². The zero-order valence-corrected chi connectivity index (χ0v) is 16.8. The number of amides is 1. The molecule has 2 aliphatic heterocycles. The van der Waals surface area contributed by atoms with Gasteiger partial charge in [0.1, 0.15) is 12.7 Å². The van der Waals surface area contributed by atoms with Gasteiger partial charge in [0, 0.05) is 19.0 Å². The fourth-order valence-electron chi connectivity index (χ4n) is 3.62. The molecule has 1 N–H and O–H groups in total. The van der Waals surface area contributed by atoms with Gasteiger partial charge in [-0.25, -0.2) is 8.42 Å². The minimum absolute atomic E-state index is 0.0655. The SMILES string of the molecule is O=C(NC[C@H]1COc2ccccc2O1)C1CCN(S(=O)(=O)c2ccccc2)CC1. The molecule has 0 radical (unpaired) electrons. The molecule has 29 heavy (non-hydrogen) atoms. The molecule has 1 amide bonds. The first-order valence-corrected chi connectivity index (χ1v) is 11.2. The number of nitrogens with zero attached hydrogens (tertiary/aromatic N) is 1. The summed E-state index contributed by atoms with van der Waals surface area (Å²) >= 11 is 0. The lowest BCUT2D eigenvalue weighted by molar-refractivity contribution is -0.126. The molecule has 4 rings (SSSR count). The molecule has 0 aliphatic carbocycles. The zero-order chi connectivity index (χ0) is 20.3. The van der Waals surface area contributed by atoms with Gasteiger partial charge in [0.05, 0.1) is 11.4 Å². The molecule has 2 heterocycles. The second-order valence-corrected chi connectivity index (χ2v) is 9.17. The van der Waals surface area contributed by atoms with Crippen LogP contribution in [0.15, 0.2) is 59.5 Å². The second-order valence-electron chi connectivity index (χ2n) is 7.23. The molecule has 0 bridgehead atoms. The van der Waals surface area contributed by atoms with Crippen molar-refractivity contribution in [3.05, 3.63) is 54.6 Å². The summed E-state index contributed by atoms with van der Waals surface area (Å²) in [5.74, 6) is 1.12. The standard InChI is InChI=1S/C21H24N2O5S/c24-21(22-14-17-15-27-19-8-4-5-9-20(19)28-17)16-10-12-23(13-11-16)29(25,26)18-6-2-1-3-7-18/h1-9,16-17H,10-15H2,(H,22,24)/t17-/m0/s1. The minimum atomic E-state index is -3.50. The average molecular weight is 416 g/mol. The van der Waals surface area contributed by atoms with Crippen LogP contribution in [0.3, 0.4) is 0 Å². The molecule has 2 aliphatic rings. The lowest BCUT2D eigenvalue weighted by Crippen LogP contribution is -2.46. The van der Waals surface area contributed by atoms with E-state index in [-0.39, 0.29) is 22.8 Å². The van der Waals surface area contributed by atoms with Crippen LogP contribution in [0.25, 0.3) is 0 Å². The number of sulfonamides is 1. The summed E-state index contributed by atoms with van der Waals surface area (Å²) in [4.78, 5) is 12.8. The minimum Gasteiger partial charge on any atom is -0.486 e. The van der Waals surface area contributed by atoms with E-state index >= 15 is 0 Å². The highest BCUT2D eigenvalue weighted by Gasteiger charge is 2.32. The maximum Gasteiger partial charge on any atom is 0.243 e. The van der Waals surface area contributed by atoms with Gasteiger partial charge in [-0.2, -0.15) is 4.31 Å². The van der Waals surface area contributed by atoms with Crippen LogP contribution < -0.4 is 14.8 Å². The fourth-order valence-corrected chi connectivity index (χ4v) is 5.11. The van der Waals surface area contributed by atoms with Crippen LogP contribution in [-0.2, 0) is 14.8 Å². The molecule has 1 saturated heterocycles. The smallest absolute Gasteiger partial charge is 0.243 e. The summed E-state index contributed by atoms with van der Waals surface area (Å²) in [6.45, 7) is 1.41. The van der Waals surface area contributed by atoms with Crippen LogP contribution in [0.2, 0.25) is 0 Å². The fraction of sp³-hybridized carbons (Fsp3) is 0.381. The number of para-hydroxylation sites is 2. The lowest BCUT2D eigenvalue weighted by Gasteiger charge is -2.31. The number of hydrogen-bond donors (Lipinski definition) is 1. The van der Waals surface area contributed by atoms with Crippen molar-refractivity contribution in [2.75, 3.05) is 26.2 Å². The Morgan fingerprint density at radius 2 is 1.66 bits per heavy atom. The third-order valence-corrected chi connectivity index (χ3v) is 7.19. The number of ether oxygens (including phenoxy) is 2. The van der Waals surface area contributed by atoms with Gasteiger partial charge >= 0.3 is 0 Å². The largest absolute Gasteiger partial charge is 0.486 e. The Kier molecular flexibility index (Phi) is 5.73. The second kappa shape index (κ2) is 8.42. The maximum absolute atomic E-state index is 12.7. The summed E-state index contributed by atoms with van der Waals surface area (Å²) in [7, 11) is -3.50. The normalized spacial score (nSPS) is 20.2. The van der Waals surface area contributed by atoms with Crippen molar-refractivity contribution in [3.63, 3.8) is 0 Å². The van der Waals surface area contributed by atoms with Crippen LogP contribution in [0.5, 0.6) is 11.5 Å². The monoisotopic (exact) mass is 416 g/mol. The Bertz CT molecular complexity index is 956. The van der Waals surface area contributed by atoms with Crippen LogP contribution in [0, 0.1) is 5.92 Å². The van der Waals surface area contributed by atoms with E-state index in [1.165, 1.54) is 4.31 Å². The molecule has 2 aromatic rings. The molecular formula is C21H24N2O5S. The summed E-state index contributed by atoms with van der Waals surface area (Å²) in [6.07, 6.45) is 0.762. The van der Waals surface area contributed by atoms with Gasteiger partial charge in [-0.1, -0.05) is 30.3 Å². The number of hydrogen-bond acceptors (Lipinski definition) is 5. The summed E-state index contributed by atoms with van der Waals surface area (Å²) in [5.41, 5.74) is 0. The Hall–Kier alpha value is -2.58. The van der Waals surface area contributed by atoms with E-state index in [1.807, 2.05) is 24.3 Å². The number of benzene rings is 2. The van der Waals surface area contributed by atoms with E-state index in [0.29, 0.717) is 50.6 Å². The van der Waals surface area contributed by atoms with Crippen LogP contribution >= 0.6 is 0 Å². The topological polar surface area (TPSA) is 84.9 Å². The van der Waals surface area contributed by atoms with Crippen LogP contribution in [0.1, 0.15) is 12.8 Å². The van der Waals surface area contributed by atoms with E-state index in [4.69, 9.17) is 9.47 Å². The molecule has 154 valence electrons. The van der Waals surface area contributed by atoms with E-state index in [9.17, 15) is 13.2 Å². The average Bonchev–Trinajstić information content (AvgIpc) is 2.78. The molecule has 8 heteroatoms. The van der Waals surface area contributed by atoms with Gasteiger partial charge in [-0.15, -0.1) is 0 Å². The number of fused-ring (bicyclic) bond motifs is 1.